The molecule has 0 amide bonds. The molecule has 1 aliphatic rings. The van der Waals surface area contributed by atoms with Crippen LogP contribution in [0.4, 0.5) is 8.78 Å². The second-order valence-corrected chi connectivity index (χ2v) is 7.40. The lowest BCUT2D eigenvalue weighted by atomic mass is 9.82. The molecule has 1 unspecified atom stereocenters. The van der Waals surface area contributed by atoms with Gasteiger partial charge in [0.2, 0.25) is 0 Å². The van der Waals surface area contributed by atoms with Gasteiger partial charge in [-0.15, -0.1) is 0 Å². The van der Waals surface area contributed by atoms with Gasteiger partial charge < -0.3 is 0 Å². The number of nitrogens with zero attached hydrogens (tertiary/aromatic N) is 3. The van der Waals surface area contributed by atoms with Crippen molar-refractivity contribution in [3.8, 4) is 11.1 Å². The number of carbonyl (C=O) groups is 1. The first-order valence-electron chi connectivity index (χ1n) is 9.43. The Morgan fingerprint density at radius 3 is 2.31 bits per heavy atom. The fraction of sp³-hybridized carbons (Fsp3) is 0.174. The number of benzene rings is 2. The minimum absolute atomic E-state index is 0.00598. The van der Waals surface area contributed by atoms with Crippen molar-refractivity contribution in [1.82, 2.24) is 14.6 Å². The molecular weight excluding hydrogens is 372 g/mol. The number of aryl methyl sites for hydroxylation is 1. The third kappa shape index (κ3) is 2.92. The molecular formula is C23H17F2N3O. The van der Waals surface area contributed by atoms with Crippen molar-refractivity contribution in [2.24, 2.45) is 0 Å². The highest BCUT2D eigenvalue weighted by molar-refractivity contribution is 5.99. The molecule has 144 valence electrons. The largest absolute Gasteiger partial charge is 0.294 e. The van der Waals surface area contributed by atoms with Gasteiger partial charge in [0.1, 0.15) is 11.6 Å². The van der Waals surface area contributed by atoms with E-state index >= 15 is 0 Å². The Kier molecular flexibility index (Phi) is 4.01. The van der Waals surface area contributed by atoms with Crippen molar-refractivity contribution in [2.45, 2.75) is 25.7 Å². The van der Waals surface area contributed by atoms with Crippen molar-refractivity contribution in [2.75, 3.05) is 0 Å². The molecule has 0 fully saturated rings. The summed E-state index contributed by atoms with van der Waals surface area (Å²) in [6, 6.07) is 12.5. The first-order chi connectivity index (χ1) is 14.0. The quantitative estimate of drug-likeness (QED) is 0.490. The highest BCUT2D eigenvalue weighted by atomic mass is 19.1. The number of rotatable bonds is 2. The third-order valence-corrected chi connectivity index (χ3v) is 5.56. The Hall–Kier alpha value is -3.41. The second kappa shape index (κ2) is 6.58. The molecule has 0 aliphatic heterocycles. The summed E-state index contributed by atoms with van der Waals surface area (Å²) in [7, 11) is 0. The summed E-state index contributed by atoms with van der Waals surface area (Å²) in [4.78, 5) is 17.3. The normalized spacial score (nSPS) is 16.2. The molecule has 1 aliphatic carbocycles. The Labute approximate surface area is 165 Å². The number of aromatic nitrogens is 3. The molecule has 0 saturated carbocycles. The van der Waals surface area contributed by atoms with Gasteiger partial charge in [-0.1, -0.05) is 24.3 Å². The van der Waals surface area contributed by atoms with Crippen LogP contribution >= 0.6 is 0 Å². The number of halogens is 2. The Morgan fingerprint density at radius 1 is 0.966 bits per heavy atom. The van der Waals surface area contributed by atoms with Crippen LogP contribution in [0.1, 0.15) is 39.6 Å². The zero-order valence-electron chi connectivity index (χ0n) is 15.7. The van der Waals surface area contributed by atoms with Gasteiger partial charge in [-0.25, -0.2) is 18.3 Å². The summed E-state index contributed by atoms with van der Waals surface area (Å²) in [5.74, 6) is -0.637. The van der Waals surface area contributed by atoms with E-state index in [1.54, 1.807) is 35.0 Å². The number of fused-ring (bicyclic) bond motifs is 3. The highest BCUT2D eigenvalue weighted by Crippen LogP contribution is 2.35. The van der Waals surface area contributed by atoms with E-state index in [4.69, 9.17) is 0 Å². The van der Waals surface area contributed by atoms with Crippen LogP contribution in [0, 0.1) is 18.6 Å². The van der Waals surface area contributed by atoms with Crippen LogP contribution in [0.15, 0.2) is 54.7 Å². The molecule has 0 spiro atoms. The van der Waals surface area contributed by atoms with E-state index in [2.05, 4.69) is 10.1 Å². The van der Waals surface area contributed by atoms with Gasteiger partial charge >= 0.3 is 0 Å². The molecule has 0 radical (unpaired) electrons. The monoisotopic (exact) mass is 389 g/mol. The van der Waals surface area contributed by atoms with E-state index in [0.29, 0.717) is 24.1 Å². The molecule has 2 heterocycles. The minimum atomic E-state index is -0.305. The summed E-state index contributed by atoms with van der Waals surface area (Å²) in [6.07, 6.45) is 2.58. The fourth-order valence-electron chi connectivity index (χ4n) is 4.13. The first-order valence-corrected chi connectivity index (χ1v) is 9.43. The summed E-state index contributed by atoms with van der Waals surface area (Å²) in [5.41, 5.74) is 5.35. The minimum Gasteiger partial charge on any atom is -0.294 e. The number of hydrogen-bond acceptors (Lipinski definition) is 3. The maximum absolute atomic E-state index is 13.3. The molecule has 0 saturated heterocycles. The molecule has 6 heteroatoms. The maximum Gasteiger partial charge on any atom is 0.166 e. The fourth-order valence-corrected chi connectivity index (χ4v) is 4.13. The molecule has 2 aromatic heterocycles. The molecule has 0 bridgehead atoms. The lowest BCUT2D eigenvalue weighted by Crippen LogP contribution is -2.22. The smallest absolute Gasteiger partial charge is 0.166 e. The van der Waals surface area contributed by atoms with Gasteiger partial charge in [0.15, 0.2) is 11.4 Å². The predicted octanol–water partition coefficient (Wildman–Crippen LogP) is 4.90. The molecule has 29 heavy (non-hydrogen) atoms. The lowest BCUT2D eigenvalue weighted by molar-refractivity contribution is 0.0962. The Morgan fingerprint density at radius 2 is 1.62 bits per heavy atom. The maximum atomic E-state index is 13.3. The van der Waals surface area contributed by atoms with Crippen molar-refractivity contribution in [3.05, 3.63) is 88.9 Å². The molecule has 4 aromatic rings. The van der Waals surface area contributed by atoms with Crippen molar-refractivity contribution < 1.29 is 13.6 Å². The standard InChI is InChI=1S/C23H17F2N3O/c1-13-22(15-4-8-18(25)9-5-15)23-26-12-19-20(28(23)27-13)10-16(11-21(19)29)14-2-6-17(24)7-3-14/h2-9,12,16H,10-11H2,1H3. The summed E-state index contributed by atoms with van der Waals surface area (Å²) in [5, 5.41) is 4.65. The third-order valence-electron chi connectivity index (χ3n) is 5.56. The van der Waals surface area contributed by atoms with Crippen molar-refractivity contribution in [3.63, 3.8) is 0 Å². The van der Waals surface area contributed by atoms with Gasteiger partial charge in [-0.2, -0.15) is 5.10 Å². The average Bonchev–Trinajstić information content (AvgIpc) is 3.05. The van der Waals surface area contributed by atoms with Crippen LogP contribution < -0.4 is 0 Å². The van der Waals surface area contributed by atoms with Crippen LogP contribution in [0.2, 0.25) is 0 Å². The highest BCUT2D eigenvalue weighted by Gasteiger charge is 2.30. The predicted molar refractivity (Wildman–Crippen MR) is 105 cm³/mol. The van der Waals surface area contributed by atoms with E-state index in [1.165, 1.54) is 24.3 Å². The van der Waals surface area contributed by atoms with Gasteiger partial charge in [0.05, 0.1) is 17.0 Å². The SMILES string of the molecule is Cc1nn2c3c(cnc2c1-c1ccc(F)cc1)C(=O)CC(c1ccc(F)cc1)C3. The summed E-state index contributed by atoms with van der Waals surface area (Å²) < 4.78 is 28.4. The zero-order valence-corrected chi connectivity index (χ0v) is 15.7. The van der Waals surface area contributed by atoms with Gasteiger partial charge in [0, 0.05) is 18.2 Å². The Bertz CT molecular complexity index is 1240. The van der Waals surface area contributed by atoms with Crippen LogP contribution in [-0.2, 0) is 6.42 Å². The lowest BCUT2D eigenvalue weighted by Gasteiger charge is -2.24. The van der Waals surface area contributed by atoms with Crippen LogP contribution in [-0.4, -0.2) is 20.4 Å². The van der Waals surface area contributed by atoms with E-state index in [-0.39, 0.29) is 23.3 Å². The average molecular weight is 389 g/mol. The molecule has 0 N–H and O–H groups in total. The summed E-state index contributed by atoms with van der Waals surface area (Å²) in [6.45, 7) is 1.88. The molecule has 2 aromatic carbocycles. The zero-order chi connectivity index (χ0) is 20.1. The number of carbonyl (C=O) groups excluding carboxylic acids is 1. The van der Waals surface area contributed by atoms with E-state index in [1.807, 2.05) is 6.92 Å². The first kappa shape index (κ1) is 17.7. The van der Waals surface area contributed by atoms with E-state index < -0.39 is 0 Å². The van der Waals surface area contributed by atoms with Crippen molar-refractivity contribution >= 4 is 11.4 Å². The topological polar surface area (TPSA) is 47.3 Å². The van der Waals surface area contributed by atoms with Gasteiger partial charge in [0.25, 0.3) is 0 Å². The van der Waals surface area contributed by atoms with E-state index in [0.717, 1.165) is 28.1 Å². The second-order valence-electron chi connectivity index (χ2n) is 7.40. The number of hydrogen-bond donors (Lipinski definition) is 0. The number of ketones is 1. The van der Waals surface area contributed by atoms with Crippen LogP contribution in [0.5, 0.6) is 0 Å². The van der Waals surface area contributed by atoms with Crippen LogP contribution in [0.3, 0.4) is 0 Å². The van der Waals surface area contributed by atoms with Gasteiger partial charge in [-0.3, -0.25) is 4.79 Å². The number of Topliss-reactive ketones (excluding diaryl/α,β-unsaturated/α-hetero) is 1. The van der Waals surface area contributed by atoms with Gasteiger partial charge in [-0.05, 0) is 54.7 Å². The molecule has 5 rings (SSSR count). The summed E-state index contributed by atoms with van der Waals surface area (Å²) >= 11 is 0. The van der Waals surface area contributed by atoms with Crippen molar-refractivity contribution in [1.29, 1.82) is 0 Å². The van der Waals surface area contributed by atoms with Crippen LogP contribution in [0.25, 0.3) is 16.8 Å². The Balaban J connectivity index is 1.65. The molecule has 4 nitrogen and oxygen atoms in total. The van der Waals surface area contributed by atoms with E-state index in [9.17, 15) is 13.6 Å². The molecule has 1 atom stereocenters.